The smallest absolute Gasteiger partial charge is 0.264 e. The molecule has 19 heavy (non-hydrogen) atoms. The number of aromatic nitrogens is 1. The summed E-state index contributed by atoms with van der Waals surface area (Å²) in [5.74, 6) is 0.414. The summed E-state index contributed by atoms with van der Waals surface area (Å²) >= 11 is 1.20. The second kappa shape index (κ2) is 6.14. The highest BCUT2D eigenvalue weighted by molar-refractivity contribution is 7.85. The maximum absolute atomic E-state index is 10.9. The van der Waals surface area contributed by atoms with E-state index in [0.717, 1.165) is 11.8 Å². The molecular weight excluding hydrogens is 286 g/mol. The van der Waals surface area contributed by atoms with E-state index in [4.69, 9.17) is 8.92 Å². The van der Waals surface area contributed by atoms with Gasteiger partial charge in [0, 0.05) is 5.38 Å². The fourth-order valence-electron chi connectivity index (χ4n) is 1.36. The maximum Gasteiger partial charge on any atom is 0.264 e. The minimum Gasteiger partial charge on any atom is -0.472 e. The summed E-state index contributed by atoms with van der Waals surface area (Å²) in [6.07, 6.45) is 1.01. The van der Waals surface area contributed by atoms with Crippen LogP contribution in [0.15, 0.2) is 35.7 Å². The van der Waals surface area contributed by atoms with Crippen molar-refractivity contribution in [3.8, 4) is 5.88 Å². The molecule has 1 heterocycles. The van der Waals surface area contributed by atoms with Crippen molar-refractivity contribution in [3.05, 3.63) is 46.8 Å². The van der Waals surface area contributed by atoms with Crippen molar-refractivity contribution in [1.29, 1.82) is 0 Å². The van der Waals surface area contributed by atoms with Crippen LogP contribution in [-0.2, 0) is 27.5 Å². The Morgan fingerprint density at radius 2 is 1.95 bits per heavy atom. The zero-order valence-electron chi connectivity index (χ0n) is 10.3. The quantitative estimate of drug-likeness (QED) is 0.765. The molecule has 0 saturated carbocycles. The van der Waals surface area contributed by atoms with Gasteiger partial charge in [-0.25, -0.2) is 0 Å². The molecule has 0 spiro atoms. The van der Waals surface area contributed by atoms with Gasteiger partial charge in [0.15, 0.2) is 0 Å². The Kier molecular flexibility index (Phi) is 4.52. The van der Waals surface area contributed by atoms with Gasteiger partial charge in [-0.2, -0.15) is 12.8 Å². The highest BCUT2D eigenvalue weighted by Crippen LogP contribution is 2.21. The topological polar surface area (TPSA) is 65.5 Å². The highest BCUT2D eigenvalue weighted by Gasteiger charge is 2.11. The Balaban J connectivity index is 1.96. The fourth-order valence-corrected chi connectivity index (χ4v) is 2.31. The molecular formula is C12H13NO4S2. The van der Waals surface area contributed by atoms with Crippen molar-refractivity contribution in [3.63, 3.8) is 0 Å². The number of ether oxygens (including phenoxy) is 1. The molecule has 0 bridgehead atoms. The summed E-state index contributed by atoms with van der Waals surface area (Å²) in [6, 6.07) is 9.66. The predicted octanol–water partition coefficient (Wildman–Crippen LogP) is 2.20. The van der Waals surface area contributed by atoms with Crippen LogP contribution in [0.5, 0.6) is 5.88 Å². The van der Waals surface area contributed by atoms with Crippen LogP contribution >= 0.6 is 11.5 Å². The fraction of sp³-hybridized carbons (Fsp3) is 0.250. The van der Waals surface area contributed by atoms with Crippen molar-refractivity contribution in [2.24, 2.45) is 0 Å². The van der Waals surface area contributed by atoms with E-state index >= 15 is 0 Å². The van der Waals surface area contributed by atoms with Crippen LogP contribution in [0.25, 0.3) is 0 Å². The summed E-state index contributed by atoms with van der Waals surface area (Å²) in [4.78, 5) is 0. The number of hydrogen-bond donors (Lipinski definition) is 0. The standard InChI is InChI=1S/C12H13NO4S2/c1-19(14,15)17-8-11-9-18-13-12(11)16-7-10-5-3-2-4-6-10/h2-6,9H,7-8H2,1H3. The second-order valence-electron chi connectivity index (χ2n) is 3.89. The lowest BCUT2D eigenvalue weighted by molar-refractivity contribution is 0.272. The summed E-state index contributed by atoms with van der Waals surface area (Å²) in [6.45, 7) is 0.329. The SMILES string of the molecule is CS(=O)(=O)OCc1csnc1OCc1ccccc1. The zero-order chi connectivity index (χ0) is 13.7. The van der Waals surface area contributed by atoms with Crippen LogP contribution in [0.2, 0.25) is 0 Å². The van der Waals surface area contributed by atoms with Gasteiger partial charge in [0.1, 0.15) is 6.61 Å². The van der Waals surface area contributed by atoms with E-state index in [-0.39, 0.29) is 6.61 Å². The van der Waals surface area contributed by atoms with E-state index in [1.54, 1.807) is 5.38 Å². The van der Waals surface area contributed by atoms with Crippen molar-refractivity contribution < 1.29 is 17.3 Å². The molecule has 5 nitrogen and oxygen atoms in total. The molecule has 0 unspecified atom stereocenters. The third-order valence-corrected chi connectivity index (χ3v) is 3.46. The first-order valence-electron chi connectivity index (χ1n) is 5.49. The van der Waals surface area contributed by atoms with E-state index in [0.29, 0.717) is 18.1 Å². The Hall–Kier alpha value is -1.44. The third kappa shape index (κ3) is 4.62. The molecule has 2 aromatic rings. The molecule has 0 N–H and O–H groups in total. The third-order valence-electron chi connectivity index (χ3n) is 2.25. The largest absolute Gasteiger partial charge is 0.472 e. The van der Waals surface area contributed by atoms with E-state index in [1.165, 1.54) is 11.5 Å². The van der Waals surface area contributed by atoms with Crippen molar-refractivity contribution in [2.75, 3.05) is 6.26 Å². The first kappa shape index (κ1) is 14.0. The van der Waals surface area contributed by atoms with Crippen molar-refractivity contribution >= 4 is 21.7 Å². The van der Waals surface area contributed by atoms with Crippen LogP contribution in [-0.4, -0.2) is 19.0 Å². The predicted molar refractivity (Wildman–Crippen MR) is 72.5 cm³/mol. The van der Waals surface area contributed by atoms with E-state index in [9.17, 15) is 8.42 Å². The van der Waals surface area contributed by atoms with E-state index in [2.05, 4.69) is 4.37 Å². The summed E-state index contributed by atoms with van der Waals surface area (Å²) < 4.78 is 36.2. The van der Waals surface area contributed by atoms with Gasteiger partial charge in [-0.3, -0.25) is 4.18 Å². The molecule has 0 radical (unpaired) electrons. The van der Waals surface area contributed by atoms with Gasteiger partial charge in [-0.1, -0.05) is 30.3 Å². The molecule has 0 aliphatic rings. The molecule has 102 valence electrons. The zero-order valence-corrected chi connectivity index (χ0v) is 11.9. The van der Waals surface area contributed by atoms with Gasteiger partial charge in [-0.05, 0) is 17.1 Å². The lowest BCUT2D eigenvalue weighted by Crippen LogP contribution is -2.04. The average Bonchev–Trinajstić information content (AvgIpc) is 2.82. The Morgan fingerprint density at radius 1 is 1.21 bits per heavy atom. The maximum atomic E-state index is 10.9. The van der Waals surface area contributed by atoms with Gasteiger partial charge in [0.25, 0.3) is 10.1 Å². The molecule has 1 aromatic carbocycles. The lowest BCUT2D eigenvalue weighted by atomic mass is 10.2. The minimum atomic E-state index is -3.46. The van der Waals surface area contributed by atoms with Crippen molar-refractivity contribution in [2.45, 2.75) is 13.2 Å². The molecule has 0 amide bonds. The molecule has 0 saturated heterocycles. The highest BCUT2D eigenvalue weighted by atomic mass is 32.2. The van der Waals surface area contributed by atoms with Gasteiger partial charge < -0.3 is 4.74 Å². The monoisotopic (exact) mass is 299 g/mol. The number of nitrogens with zero attached hydrogens (tertiary/aromatic N) is 1. The number of benzene rings is 1. The van der Waals surface area contributed by atoms with Gasteiger partial charge >= 0.3 is 0 Å². The lowest BCUT2D eigenvalue weighted by Gasteiger charge is -2.05. The van der Waals surface area contributed by atoms with Crippen molar-refractivity contribution in [1.82, 2.24) is 4.37 Å². The second-order valence-corrected chi connectivity index (χ2v) is 6.16. The van der Waals surface area contributed by atoms with Crippen LogP contribution in [0, 0.1) is 0 Å². The van der Waals surface area contributed by atoms with Gasteiger partial charge in [0.2, 0.25) is 5.88 Å². The summed E-state index contributed by atoms with van der Waals surface area (Å²) in [5, 5.41) is 1.71. The van der Waals surface area contributed by atoms with E-state index in [1.807, 2.05) is 30.3 Å². The minimum absolute atomic E-state index is 0.0561. The molecule has 0 aliphatic carbocycles. The van der Waals surface area contributed by atoms with Crippen LogP contribution < -0.4 is 4.74 Å². The van der Waals surface area contributed by atoms with Gasteiger partial charge in [-0.15, -0.1) is 0 Å². The Bertz CT molecular complexity index is 622. The van der Waals surface area contributed by atoms with E-state index < -0.39 is 10.1 Å². The Labute approximate surface area is 116 Å². The van der Waals surface area contributed by atoms with Crippen LogP contribution in [0.4, 0.5) is 0 Å². The average molecular weight is 299 g/mol. The molecule has 1 aromatic heterocycles. The molecule has 0 fully saturated rings. The first-order valence-corrected chi connectivity index (χ1v) is 8.14. The summed E-state index contributed by atoms with van der Waals surface area (Å²) in [5.41, 5.74) is 1.65. The number of hydrogen-bond acceptors (Lipinski definition) is 6. The molecule has 2 rings (SSSR count). The summed E-state index contributed by atoms with van der Waals surface area (Å²) in [7, 11) is -3.46. The Morgan fingerprint density at radius 3 is 2.63 bits per heavy atom. The first-order chi connectivity index (χ1) is 9.04. The van der Waals surface area contributed by atoms with Crippen LogP contribution in [0.3, 0.4) is 0 Å². The molecule has 7 heteroatoms. The van der Waals surface area contributed by atoms with Crippen LogP contribution in [0.1, 0.15) is 11.1 Å². The van der Waals surface area contributed by atoms with Gasteiger partial charge in [0.05, 0.1) is 18.4 Å². The molecule has 0 atom stereocenters. The molecule has 0 aliphatic heterocycles. The number of rotatable bonds is 6. The normalized spacial score (nSPS) is 11.4.